The Balaban J connectivity index is 2.19. The van der Waals surface area contributed by atoms with Crippen LogP contribution >= 0.6 is 24.4 Å². The quantitative estimate of drug-likeness (QED) is 0.411. The van der Waals surface area contributed by atoms with Crippen LogP contribution in [0.1, 0.15) is 0 Å². The number of thiol groups is 1. The van der Waals surface area contributed by atoms with Gasteiger partial charge < -0.3 is 0 Å². The summed E-state index contributed by atoms with van der Waals surface area (Å²) in [6, 6.07) is 0. The largest absolute Gasteiger partial charge is 0.168 e. The molecule has 0 fully saturated rings. The lowest BCUT2D eigenvalue weighted by atomic mass is 11.0. The van der Waals surface area contributed by atoms with E-state index in [-0.39, 0.29) is 0 Å². The summed E-state index contributed by atoms with van der Waals surface area (Å²) in [6.45, 7) is 3.59. The molecule has 0 aromatic carbocycles. The van der Waals surface area contributed by atoms with E-state index in [0.717, 1.165) is 10.8 Å². The molecule has 0 atom stereocenters. The first-order valence-corrected chi connectivity index (χ1v) is 3.18. The van der Waals surface area contributed by atoms with Crippen molar-refractivity contribution >= 4 is 24.4 Å². The van der Waals surface area contributed by atoms with Gasteiger partial charge >= 0.3 is 0 Å². The molecule has 0 saturated carbocycles. The molecule has 0 spiro atoms. The lowest BCUT2D eigenvalue weighted by Crippen LogP contribution is -1.61. The molecule has 31 valence electrons. The first-order valence-electron chi connectivity index (χ1n) is 1.39. The molecule has 0 unspecified atom stereocenters. The molecule has 0 bridgehead atoms. The summed E-state index contributed by atoms with van der Waals surface area (Å²) in [4.78, 5) is 0. The molecule has 0 amide bonds. The Hall–Kier alpha value is 0.700. The van der Waals surface area contributed by atoms with Gasteiger partial charge in [0.05, 0.1) is 0 Å². The molecule has 0 heterocycles. The van der Waals surface area contributed by atoms with Crippen molar-refractivity contribution in [1.82, 2.24) is 0 Å². The van der Waals surface area contributed by atoms with E-state index in [0.29, 0.717) is 0 Å². The third-order valence-corrected chi connectivity index (χ3v) is 1.25. The summed E-state index contributed by atoms with van der Waals surface area (Å²) in [5.74, 6) is 0.934. The molecular formula is C3H7S2. The lowest BCUT2D eigenvalue weighted by Gasteiger charge is -1.79. The van der Waals surface area contributed by atoms with Crippen LogP contribution in [0.3, 0.4) is 0 Å². The van der Waals surface area contributed by atoms with Gasteiger partial charge in [-0.3, -0.25) is 0 Å². The first kappa shape index (κ1) is 5.70. The maximum Gasteiger partial charge on any atom is 0.0361 e. The Kier molecular flexibility index (Phi) is 5.36. The standard InChI is InChI=1S/C3H7S2/c1-2-5-3-4/h4H,1-3H2. The van der Waals surface area contributed by atoms with Crippen LogP contribution in [0.15, 0.2) is 0 Å². The van der Waals surface area contributed by atoms with Crippen molar-refractivity contribution in [2.75, 3.05) is 10.8 Å². The fourth-order valence-corrected chi connectivity index (χ4v) is 0.581. The third kappa shape index (κ3) is 4.70. The molecule has 0 aliphatic heterocycles. The zero-order chi connectivity index (χ0) is 4.12. The van der Waals surface area contributed by atoms with E-state index < -0.39 is 0 Å². The second-order valence-corrected chi connectivity index (χ2v) is 2.39. The molecular weight excluding hydrogens is 100 g/mol. The number of hydrogen-bond donors (Lipinski definition) is 1. The van der Waals surface area contributed by atoms with Crippen molar-refractivity contribution in [1.29, 1.82) is 0 Å². The van der Waals surface area contributed by atoms with Crippen molar-refractivity contribution < 1.29 is 0 Å². The fraction of sp³-hybridized carbons (Fsp3) is 0.667. The highest BCUT2D eigenvalue weighted by atomic mass is 32.2. The zero-order valence-corrected chi connectivity index (χ0v) is 4.69. The highest BCUT2D eigenvalue weighted by Crippen LogP contribution is 1.97. The van der Waals surface area contributed by atoms with Crippen LogP contribution in [0.5, 0.6) is 0 Å². The van der Waals surface area contributed by atoms with Gasteiger partial charge in [0.25, 0.3) is 0 Å². The van der Waals surface area contributed by atoms with E-state index in [4.69, 9.17) is 0 Å². The van der Waals surface area contributed by atoms with Crippen LogP contribution in [0.2, 0.25) is 0 Å². The van der Waals surface area contributed by atoms with Crippen LogP contribution < -0.4 is 0 Å². The van der Waals surface area contributed by atoms with Gasteiger partial charge in [0.2, 0.25) is 0 Å². The average molecular weight is 107 g/mol. The van der Waals surface area contributed by atoms with Gasteiger partial charge in [-0.15, -0.1) is 0 Å². The third-order valence-electron chi connectivity index (χ3n) is 0.236. The van der Waals surface area contributed by atoms with Crippen LogP contribution in [0.4, 0.5) is 0 Å². The molecule has 0 nitrogen and oxygen atoms in total. The maximum absolute atomic E-state index is 3.92. The normalized spacial score (nSPS) is 8.40. The Labute approximate surface area is 42.7 Å². The Morgan fingerprint density at radius 3 is 2.40 bits per heavy atom. The smallest absolute Gasteiger partial charge is 0.0361 e. The molecule has 0 N–H and O–H groups in total. The highest BCUT2D eigenvalue weighted by molar-refractivity contribution is 8.09. The second kappa shape index (κ2) is 4.70. The van der Waals surface area contributed by atoms with Crippen molar-refractivity contribution in [3.63, 3.8) is 0 Å². The predicted octanol–water partition coefficient (Wildman–Crippen LogP) is 1.44. The van der Waals surface area contributed by atoms with Gasteiger partial charge in [-0.2, -0.15) is 24.4 Å². The van der Waals surface area contributed by atoms with Crippen LogP contribution in [-0.2, 0) is 0 Å². The minimum atomic E-state index is 0.892. The van der Waals surface area contributed by atoms with Crippen LogP contribution in [0, 0.1) is 6.92 Å². The summed E-state index contributed by atoms with van der Waals surface area (Å²) in [5.41, 5.74) is 0. The van der Waals surface area contributed by atoms with Crippen LogP contribution in [-0.4, -0.2) is 10.8 Å². The maximum atomic E-state index is 3.92. The average Bonchev–Trinajstić information content (AvgIpc) is 1.41. The molecule has 1 radical (unpaired) electrons. The van der Waals surface area contributed by atoms with Gasteiger partial charge in [-0.1, -0.05) is 0 Å². The van der Waals surface area contributed by atoms with Gasteiger partial charge in [0.1, 0.15) is 0 Å². The number of rotatable bonds is 2. The number of thioether (sulfide) groups is 1. The summed E-state index contributed by atoms with van der Waals surface area (Å²) in [5, 5.41) is 0.892. The highest BCUT2D eigenvalue weighted by Gasteiger charge is 1.68. The van der Waals surface area contributed by atoms with E-state index in [1.54, 1.807) is 11.8 Å². The monoisotopic (exact) mass is 107 g/mol. The second-order valence-electron chi connectivity index (χ2n) is 0.537. The van der Waals surface area contributed by atoms with E-state index >= 15 is 0 Å². The van der Waals surface area contributed by atoms with Crippen molar-refractivity contribution in [2.45, 2.75) is 0 Å². The molecule has 0 rings (SSSR count). The van der Waals surface area contributed by atoms with Crippen LogP contribution in [0.25, 0.3) is 0 Å². The fourth-order valence-electron chi connectivity index (χ4n) is 0.0645. The Bertz CT molecular complexity index is 12.4. The molecule has 0 aromatic heterocycles. The van der Waals surface area contributed by atoms with Gasteiger partial charge in [-0.25, -0.2) is 0 Å². The zero-order valence-electron chi connectivity index (χ0n) is 2.98. The molecule has 0 aliphatic carbocycles. The molecule has 2 heteroatoms. The van der Waals surface area contributed by atoms with Gasteiger partial charge in [0, 0.05) is 5.08 Å². The predicted molar refractivity (Wildman–Crippen MR) is 31.7 cm³/mol. The minimum absolute atomic E-state index is 0.892. The van der Waals surface area contributed by atoms with Gasteiger partial charge in [0.15, 0.2) is 0 Å². The topological polar surface area (TPSA) is 0 Å². The SMILES string of the molecule is [CH2]CSCS. The molecule has 0 saturated heterocycles. The van der Waals surface area contributed by atoms with Gasteiger partial charge in [-0.05, 0) is 12.7 Å². The Morgan fingerprint density at radius 2 is 2.40 bits per heavy atom. The summed E-state index contributed by atoms with van der Waals surface area (Å²) in [7, 11) is 0. The molecule has 5 heavy (non-hydrogen) atoms. The van der Waals surface area contributed by atoms with E-state index in [1.807, 2.05) is 0 Å². The first-order chi connectivity index (χ1) is 2.41. The summed E-state index contributed by atoms with van der Waals surface area (Å²) >= 11 is 5.64. The number of hydrogen-bond acceptors (Lipinski definition) is 2. The minimum Gasteiger partial charge on any atom is -0.168 e. The lowest BCUT2D eigenvalue weighted by molar-refractivity contribution is 1.82. The van der Waals surface area contributed by atoms with E-state index in [2.05, 4.69) is 19.6 Å². The van der Waals surface area contributed by atoms with Crippen molar-refractivity contribution in [3.8, 4) is 0 Å². The Morgan fingerprint density at radius 1 is 1.80 bits per heavy atom. The summed E-state index contributed by atoms with van der Waals surface area (Å²) < 4.78 is 0. The molecule has 0 aromatic rings. The van der Waals surface area contributed by atoms with Crippen molar-refractivity contribution in [3.05, 3.63) is 6.92 Å². The summed E-state index contributed by atoms with van der Waals surface area (Å²) in [6.07, 6.45) is 0. The van der Waals surface area contributed by atoms with E-state index in [1.165, 1.54) is 0 Å². The van der Waals surface area contributed by atoms with Crippen molar-refractivity contribution in [2.24, 2.45) is 0 Å². The van der Waals surface area contributed by atoms with E-state index in [9.17, 15) is 0 Å². The molecule has 0 aliphatic rings.